The molecule has 140 valence electrons. The number of rotatable bonds is 8. The van der Waals surface area contributed by atoms with Gasteiger partial charge in [-0.25, -0.2) is 8.42 Å². The third-order valence-corrected chi connectivity index (χ3v) is 5.31. The molecule has 26 heavy (non-hydrogen) atoms. The van der Waals surface area contributed by atoms with Crippen LogP contribution in [0.5, 0.6) is 0 Å². The van der Waals surface area contributed by atoms with Crippen LogP contribution in [0.25, 0.3) is 0 Å². The number of hydrogen-bond acceptors (Lipinski definition) is 4. The van der Waals surface area contributed by atoms with Crippen molar-refractivity contribution >= 4 is 27.3 Å². The Balaban J connectivity index is 2.18. The molecule has 0 saturated heterocycles. The van der Waals surface area contributed by atoms with Gasteiger partial charge in [0, 0.05) is 31.5 Å². The molecule has 7 heteroatoms. The second-order valence-corrected chi connectivity index (χ2v) is 7.75. The fourth-order valence-electron chi connectivity index (χ4n) is 2.49. The van der Waals surface area contributed by atoms with Gasteiger partial charge in [0.1, 0.15) is 0 Å². The van der Waals surface area contributed by atoms with Gasteiger partial charge in [0.25, 0.3) is 10.0 Å². The van der Waals surface area contributed by atoms with E-state index in [0.29, 0.717) is 36.4 Å². The first-order chi connectivity index (χ1) is 12.3. The summed E-state index contributed by atoms with van der Waals surface area (Å²) in [7, 11) is -2.18. The quantitative estimate of drug-likeness (QED) is 0.691. The van der Waals surface area contributed by atoms with E-state index in [2.05, 4.69) is 10.0 Å². The summed E-state index contributed by atoms with van der Waals surface area (Å²) in [5.41, 5.74) is 2.50. The van der Waals surface area contributed by atoms with Gasteiger partial charge in [-0.1, -0.05) is 18.2 Å². The first-order valence-electron chi connectivity index (χ1n) is 8.31. The van der Waals surface area contributed by atoms with E-state index < -0.39 is 10.0 Å². The molecule has 0 heterocycles. The highest BCUT2D eigenvalue weighted by Gasteiger charge is 2.18. The highest BCUT2D eigenvalue weighted by atomic mass is 32.2. The Morgan fingerprint density at radius 3 is 2.54 bits per heavy atom. The van der Waals surface area contributed by atoms with Crippen LogP contribution in [0, 0.1) is 13.8 Å². The molecule has 6 nitrogen and oxygen atoms in total. The number of anilines is 2. The Bertz CT molecular complexity index is 879. The summed E-state index contributed by atoms with van der Waals surface area (Å²) < 4.78 is 33.0. The Morgan fingerprint density at radius 1 is 1.08 bits per heavy atom. The molecule has 0 aliphatic heterocycles. The Morgan fingerprint density at radius 2 is 1.85 bits per heavy atom. The van der Waals surface area contributed by atoms with Crippen LogP contribution in [-0.4, -0.2) is 28.0 Å². The van der Waals surface area contributed by atoms with Crippen LogP contribution in [-0.2, 0) is 19.6 Å². The minimum absolute atomic E-state index is 0.133. The van der Waals surface area contributed by atoms with E-state index in [1.165, 1.54) is 6.07 Å². The van der Waals surface area contributed by atoms with E-state index in [-0.39, 0.29) is 10.8 Å². The van der Waals surface area contributed by atoms with Crippen molar-refractivity contribution in [3.8, 4) is 0 Å². The van der Waals surface area contributed by atoms with Crippen molar-refractivity contribution in [3.05, 3.63) is 53.6 Å². The molecule has 0 bridgehead atoms. The summed E-state index contributed by atoms with van der Waals surface area (Å²) in [6.07, 6.45) is 0.916. The zero-order chi connectivity index (χ0) is 19.2. The normalized spacial score (nSPS) is 11.2. The smallest absolute Gasteiger partial charge is 0.262 e. The number of methoxy groups -OCH3 is 1. The van der Waals surface area contributed by atoms with Crippen molar-refractivity contribution in [2.45, 2.75) is 31.6 Å². The molecule has 2 rings (SSSR count). The summed E-state index contributed by atoms with van der Waals surface area (Å²) >= 11 is 0. The van der Waals surface area contributed by atoms with Crippen LogP contribution in [0.3, 0.4) is 0 Å². The lowest BCUT2D eigenvalue weighted by Gasteiger charge is -2.13. The second kappa shape index (κ2) is 8.82. The Labute approximate surface area is 154 Å². The van der Waals surface area contributed by atoms with Gasteiger partial charge in [-0.05, 0) is 55.7 Å². The number of carbonyl (C=O) groups excluding carboxylic acids is 1. The highest BCUT2D eigenvalue weighted by molar-refractivity contribution is 7.92. The number of carbonyl (C=O) groups is 1. The van der Waals surface area contributed by atoms with Gasteiger partial charge in [0.15, 0.2) is 0 Å². The lowest BCUT2D eigenvalue weighted by Crippen LogP contribution is -2.16. The van der Waals surface area contributed by atoms with E-state index in [1.807, 2.05) is 13.0 Å². The molecule has 2 aromatic carbocycles. The van der Waals surface area contributed by atoms with Gasteiger partial charge in [0.05, 0.1) is 4.90 Å². The molecule has 0 unspecified atom stereocenters. The monoisotopic (exact) mass is 376 g/mol. The minimum Gasteiger partial charge on any atom is -0.385 e. The van der Waals surface area contributed by atoms with Crippen molar-refractivity contribution in [2.24, 2.45) is 0 Å². The van der Waals surface area contributed by atoms with Crippen LogP contribution in [0.15, 0.2) is 47.4 Å². The molecular formula is C19H24N2O4S. The maximum absolute atomic E-state index is 12.7. The average Bonchev–Trinajstić information content (AvgIpc) is 2.56. The van der Waals surface area contributed by atoms with Gasteiger partial charge in [-0.15, -0.1) is 0 Å². The van der Waals surface area contributed by atoms with Crippen LogP contribution < -0.4 is 10.0 Å². The lowest BCUT2D eigenvalue weighted by molar-refractivity contribution is -0.116. The predicted octanol–water partition coefficient (Wildman–Crippen LogP) is 3.47. The number of hydrogen-bond donors (Lipinski definition) is 2. The Kier molecular flexibility index (Phi) is 6.76. The zero-order valence-corrected chi connectivity index (χ0v) is 16.0. The first kappa shape index (κ1) is 19.9. The van der Waals surface area contributed by atoms with Crippen molar-refractivity contribution < 1.29 is 17.9 Å². The molecule has 0 fully saturated rings. The first-order valence-corrected chi connectivity index (χ1v) is 9.79. The molecule has 0 spiro atoms. The summed E-state index contributed by atoms with van der Waals surface area (Å²) in [5, 5.41) is 2.73. The van der Waals surface area contributed by atoms with E-state index in [9.17, 15) is 13.2 Å². The van der Waals surface area contributed by atoms with Gasteiger partial charge in [-0.3, -0.25) is 9.52 Å². The van der Waals surface area contributed by atoms with Crippen LogP contribution in [0.2, 0.25) is 0 Å². The molecule has 0 aliphatic rings. The molecule has 0 radical (unpaired) electrons. The molecule has 0 saturated carbocycles. The third-order valence-electron chi connectivity index (χ3n) is 3.78. The minimum atomic E-state index is -3.76. The van der Waals surface area contributed by atoms with E-state index in [4.69, 9.17) is 4.74 Å². The third kappa shape index (κ3) is 5.57. The van der Waals surface area contributed by atoms with E-state index in [0.717, 1.165) is 5.56 Å². The molecule has 2 aromatic rings. The van der Waals surface area contributed by atoms with Crippen molar-refractivity contribution in [1.82, 2.24) is 0 Å². The van der Waals surface area contributed by atoms with Gasteiger partial charge in [-0.2, -0.15) is 0 Å². The molecule has 2 N–H and O–H groups in total. The summed E-state index contributed by atoms with van der Waals surface area (Å²) in [4.78, 5) is 12.1. The number of benzene rings is 2. The van der Waals surface area contributed by atoms with Crippen molar-refractivity contribution in [2.75, 3.05) is 23.8 Å². The van der Waals surface area contributed by atoms with Crippen LogP contribution in [0.4, 0.5) is 11.4 Å². The van der Waals surface area contributed by atoms with E-state index >= 15 is 0 Å². The van der Waals surface area contributed by atoms with Crippen molar-refractivity contribution in [3.63, 3.8) is 0 Å². The highest BCUT2D eigenvalue weighted by Crippen LogP contribution is 2.23. The van der Waals surface area contributed by atoms with E-state index in [1.54, 1.807) is 44.4 Å². The molecule has 1 amide bonds. The number of aryl methyl sites for hydroxylation is 2. The summed E-state index contributed by atoms with van der Waals surface area (Å²) in [6, 6.07) is 12.0. The summed E-state index contributed by atoms with van der Waals surface area (Å²) in [6.45, 7) is 4.11. The maximum Gasteiger partial charge on any atom is 0.262 e. The summed E-state index contributed by atoms with van der Waals surface area (Å²) in [5.74, 6) is -0.180. The topological polar surface area (TPSA) is 84.5 Å². The Hall–Kier alpha value is -2.38. The number of sulfonamides is 1. The zero-order valence-electron chi connectivity index (χ0n) is 15.2. The lowest BCUT2D eigenvalue weighted by atomic mass is 10.2. The SMILES string of the molecule is COCCCC(=O)Nc1ccc(C)c(S(=O)(=O)Nc2cccc(C)c2)c1. The second-order valence-electron chi connectivity index (χ2n) is 6.10. The van der Waals surface area contributed by atoms with Crippen LogP contribution >= 0.6 is 0 Å². The number of amides is 1. The molecule has 0 atom stereocenters. The standard InChI is InChI=1S/C19H24N2O4S/c1-14-6-4-7-17(12-14)21-26(23,24)18-13-16(10-9-15(18)2)20-19(22)8-5-11-25-3/h4,6-7,9-10,12-13,21H,5,8,11H2,1-3H3,(H,20,22). The van der Waals surface area contributed by atoms with Crippen molar-refractivity contribution in [1.29, 1.82) is 0 Å². The fourth-order valence-corrected chi connectivity index (χ4v) is 3.81. The molecule has 0 aromatic heterocycles. The van der Waals surface area contributed by atoms with Gasteiger partial charge in [0.2, 0.25) is 5.91 Å². The molecular weight excluding hydrogens is 352 g/mol. The largest absolute Gasteiger partial charge is 0.385 e. The molecule has 0 aliphatic carbocycles. The van der Waals surface area contributed by atoms with Crippen LogP contribution in [0.1, 0.15) is 24.0 Å². The maximum atomic E-state index is 12.7. The van der Waals surface area contributed by atoms with Gasteiger partial charge >= 0.3 is 0 Å². The number of ether oxygens (including phenoxy) is 1. The fraction of sp³-hybridized carbons (Fsp3) is 0.316. The predicted molar refractivity (Wildman–Crippen MR) is 103 cm³/mol. The average molecular weight is 376 g/mol. The number of nitrogens with one attached hydrogen (secondary N) is 2. The van der Waals surface area contributed by atoms with Gasteiger partial charge < -0.3 is 10.1 Å².